The smallest absolute Gasteiger partial charge is 0.237 e. The first-order valence-electron chi connectivity index (χ1n) is 7.42. The molecule has 0 bridgehead atoms. The Morgan fingerprint density at radius 1 is 1.45 bits per heavy atom. The van der Waals surface area contributed by atoms with Crippen LogP contribution in [0, 0.1) is 11.6 Å². The third-order valence-corrected chi connectivity index (χ3v) is 4.18. The van der Waals surface area contributed by atoms with Gasteiger partial charge in [0.1, 0.15) is 11.6 Å². The second-order valence-electron chi connectivity index (χ2n) is 6.13. The highest BCUT2D eigenvalue weighted by atomic mass is 19.1. The number of hydrogen-bond acceptors (Lipinski definition) is 3. The molecule has 0 spiro atoms. The minimum absolute atomic E-state index is 0.122. The van der Waals surface area contributed by atoms with Gasteiger partial charge in [-0.05, 0) is 45.5 Å². The number of nitrogens with zero attached hydrogens (tertiary/aromatic N) is 2. The molecule has 2 unspecified atom stereocenters. The molecule has 122 valence electrons. The molecule has 1 aliphatic rings. The van der Waals surface area contributed by atoms with Crippen LogP contribution >= 0.6 is 0 Å². The predicted molar refractivity (Wildman–Crippen MR) is 79.2 cm³/mol. The fourth-order valence-corrected chi connectivity index (χ4v) is 2.64. The molecular formula is C16H22F2N2O2. The van der Waals surface area contributed by atoms with Crippen molar-refractivity contribution in [2.45, 2.75) is 38.5 Å². The summed E-state index contributed by atoms with van der Waals surface area (Å²) in [7, 11) is 1.83. The molecule has 0 saturated carbocycles. The van der Waals surface area contributed by atoms with E-state index in [-0.39, 0.29) is 37.0 Å². The Kier molecular flexibility index (Phi) is 5.13. The SMILES string of the molecule is CC(C)N(C)CC(=O)N1CC(O)CC1c1cc(F)ccc1F. The number of benzene rings is 1. The fourth-order valence-electron chi connectivity index (χ4n) is 2.64. The summed E-state index contributed by atoms with van der Waals surface area (Å²) in [5, 5.41) is 9.86. The number of amides is 1. The van der Waals surface area contributed by atoms with E-state index in [1.54, 1.807) is 0 Å². The van der Waals surface area contributed by atoms with Crippen molar-refractivity contribution in [2.24, 2.45) is 0 Å². The molecule has 2 atom stereocenters. The van der Waals surface area contributed by atoms with E-state index in [4.69, 9.17) is 0 Å². The van der Waals surface area contributed by atoms with Gasteiger partial charge in [-0.2, -0.15) is 0 Å². The standard InChI is InChI=1S/C16H22F2N2O2/c1-10(2)19(3)9-16(22)20-8-12(21)7-15(20)13-6-11(17)4-5-14(13)18/h4-6,10,12,15,21H,7-9H2,1-3H3. The van der Waals surface area contributed by atoms with Gasteiger partial charge in [0.2, 0.25) is 5.91 Å². The lowest BCUT2D eigenvalue weighted by molar-refractivity contribution is -0.133. The normalized spacial score (nSPS) is 21.9. The highest BCUT2D eigenvalue weighted by Gasteiger charge is 2.37. The highest BCUT2D eigenvalue weighted by Crippen LogP contribution is 2.34. The molecule has 1 saturated heterocycles. The van der Waals surface area contributed by atoms with Gasteiger partial charge >= 0.3 is 0 Å². The molecule has 1 aromatic carbocycles. The van der Waals surface area contributed by atoms with Gasteiger partial charge < -0.3 is 10.0 Å². The molecule has 0 radical (unpaired) electrons. The van der Waals surface area contributed by atoms with Gasteiger partial charge in [0.05, 0.1) is 18.7 Å². The summed E-state index contributed by atoms with van der Waals surface area (Å²) in [5.74, 6) is -1.30. The molecule has 0 aliphatic carbocycles. The quantitative estimate of drug-likeness (QED) is 0.924. The predicted octanol–water partition coefficient (Wildman–Crippen LogP) is 1.94. The van der Waals surface area contributed by atoms with Gasteiger partial charge in [0, 0.05) is 18.2 Å². The van der Waals surface area contributed by atoms with Crippen molar-refractivity contribution in [3.63, 3.8) is 0 Å². The summed E-state index contributed by atoms with van der Waals surface area (Å²) in [5.41, 5.74) is 0.122. The summed E-state index contributed by atoms with van der Waals surface area (Å²) in [6.45, 7) is 4.26. The third kappa shape index (κ3) is 3.62. The summed E-state index contributed by atoms with van der Waals surface area (Å²) in [6, 6.07) is 2.77. The molecule has 1 heterocycles. The highest BCUT2D eigenvalue weighted by molar-refractivity contribution is 5.79. The van der Waals surface area contributed by atoms with Crippen LogP contribution in [0.5, 0.6) is 0 Å². The Bertz CT molecular complexity index is 551. The lowest BCUT2D eigenvalue weighted by Crippen LogP contribution is -2.41. The van der Waals surface area contributed by atoms with Gasteiger partial charge in [-0.3, -0.25) is 9.69 Å². The summed E-state index contributed by atoms with van der Waals surface area (Å²) in [4.78, 5) is 15.8. The third-order valence-electron chi connectivity index (χ3n) is 4.18. The van der Waals surface area contributed by atoms with E-state index in [2.05, 4.69) is 0 Å². The van der Waals surface area contributed by atoms with Gasteiger partial charge in [0.25, 0.3) is 0 Å². The Balaban J connectivity index is 2.22. The first-order chi connectivity index (χ1) is 10.3. The lowest BCUT2D eigenvalue weighted by Gasteiger charge is -2.28. The minimum Gasteiger partial charge on any atom is -0.391 e. The van der Waals surface area contributed by atoms with Crippen LogP contribution in [0.25, 0.3) is 0 Å². The van der Waals surface area contributed by atoms with Crippen molar-refractivity contribution in [2.75, 3.05) is 20.1 Å². The number of halogens is 2. The lowest BCUT2D eigenvalue weighted by atomic mass is 10.0. The van der Waals surface area contributed by atoms with Crippen LogP contribution in [0.1, 0.15) is 31.9 Å². The number of likely N-dealkylation sites (N-methyl/N-ethyl adjacent to an activating group) is 1. The second-order valence-corrected chi connectivity index (χ2v) is 6.13. The number of carbonyl (C=O) groups excluding carboxylic acids is 1. The van der Waals surface area contributed by atoms with Gasteiger partial charge in [0.15, 0.2) is 0 Å². The van der Waals surface area contributed by atoms with E-state index < -0.39 is 23.8 Å². The van der Waals surface area contributed by atoms with Gasteiger partial charge in [-0.25, -0.2) is 8.78 Å². The molecule has 22 heavy (non-hydrogen) atoms. The number of carbonyl (C=O) groups is 1. The molecule has 1 N–H and O–H groups in total. The number of likely N-dealkylation sites (tertiary alicyclic amines) is 1. The van der Waals surface area contributed by atoms with Gasteiger partial charge in [-0.15, -0.1) is 0 Å². The molecule has 6 heteroatoms. The molecule has 1 amide bonds. The molecule has 4 nitrogen and oxygen atoms in total. The van der Waals surface area contributed by atoms with Gasteiger partial charge in [-0.1, -0.05) is 0 Å². The van der Waals surface area contributed by atoms with Crippen LogP contribution in [0.2, 0.25) is 0 Å². The van der Waals surface area contributed by atoms with Crippen LogP contribution in [-0.4, -0.2) is 53.1 Å². The topological polar surface area (TPSA) is 43.8 Å². The zero-order valence-electron chi connectivity index (χ0n) is 13.1. The van der Waals surface area contributed by atoms with Crippen LogP contribution in [0.3, 0.4) is 0 Å². The van der Waals surface area contributed by atoms with Crippen LogP contribution < -0.4 is 0 Å². The number of rotatable bonds is 4. The average molecular weight is 312 g/mol. The van der Waals surface area contributed by atoms with E-state index in [0.717, 1.165) is 18.2 Å². The van der Waals surface area contributed by atoms with E-state index in [0.29, 0.717) is 0 Å². The largest absolute Gasteiger partial charge is 0.391 e. The van der Waals surface area contributed by atoms with Crippen molar-refractivity contribution in [1.82, 2.24) is 9.80 Å². The number of aliphatic hydroxyl groups is 1. The van der Waals surface area contributed by atoms with Crippen molar-refractivity contribution in [3.8, 4) is 0 Å². The molecule has 1 aromatic rings. The van der Waals surface area contributed by atoms with E-state index in [1.807, 2.05) is 25.8 Å². The maximum atomic E-state index is 14.0. The monoisotopic (exact) mass is 312 g/mol. The number of β-amino-alcohol motifs (C(OH)–C–C–N with tert-alkyl or cyclic N) is 1. The first-order valence-corrected chi connectivity index (χ1v) is 7.42. The summed E-state index contributed by atoms with van der Waals surface area (Å²) in [6.07, 6.45) is -0.502. The molecule has 1 fully saturated rings. The zero-order valence-corrected chi connectivity index (χ0v) is 13.1. The Morgan fingerprint density at radius 3 is 2.77 bits per heavy atom. The van der Waals surface area contributed by atoms with Crippen molar-refractivity contribution >= 4 is 5.91 Å². The Hall–Kier alpha value is -1.53. The van der Waals surface area contributed by atoms with E-state index in [9.17, 15) is 18.7 Å². The average Bonchev–Trinajstić information content (AvgIpc) is 2.83. The Labute approximate surface area is 129 Å². The fraction of sp³-hybridized carbons (Fsp3) is 0.562. The van der Waals surface area contributed by atoms with Crippen molar-refractivity contribution in [1.29, 1.82) is 0 Å². The molecule has 0 aromatic heterocycles. The van der Waals surface area contributed by atoms with E-state index in [1.165, 1.54) is 4.90 Å². The first kappa shape index (κ1) is 16.8. The maximum absolute atomic E-state index is 14.0. The second kappa shape index (κ2) is 6.71. The molecule has 2 rings (SSSR count). The zero-order chi connectivity index (χ0) is 16.4. The number of aliphatic hydroxyl groups excluding tert-OH is 1. The van der Waals surface area contributed by atoms with E-state index >= 15 is 0 Å². The van der Waals surface area contributed by atoms with Crippen molar-refractivity contribution < 1.29 is 18.7 Å². The summed E-state index contributed by atoms with van der Waals surface area (Å²) >= 11 is 0. The van der Waals surface area contributed by atoms with Crippen molar-refractivity contribution in [3.05, 3.63) is 35.4 Å². The Morgan fingerprint density at radius 2 is 2.14 bits per heavy atom. The van der Waals surface area contributed by atoms with Crippen LogP contribution in [-0.2, 0) is 4.79 Å². The van der Waals surface area contributed by atoms with Crippen LogP contribution in [0.15, 0.2) is 18.2 Å². The molecule has 1 aliphatic heterocycles. The summed E-state index contributed by atoms with van der Waals surface area (Å²) < 4.78 is 27.4. The molecular weight excluding hydrogens is 290 g/mol. The van der Waals surface area contributed by atoms with Crippen LogP contribution in [0.4, 0.5) is 8.78 Å². The number of hydrogen-bond donors (Lipinski definition) is 1. The maximum Gasteiger partial charge on any atom is 0.237 e. The minimum atomic E-state index is -0.721.